The zero-order valence-corrected chi connectivity index (χ0v) is 13.4. The average Bonchev–Trinajstić information content (AvgIpc) is 2.45. The van der Waals surface area contributed by atoms with Crippen LogP contribution < -0.4 is 5.73 Å². The van der Waals surface area contributed by atoms with Gasteiger partial charge >= 0.3 is 0 Å². The number of benzene rings is 1. The van der Waals surface area contributed by atoms with Gasteiger partial charge in [0.15, 0.2) is 0 Å². The highest BCUT2D eigenvalue weighted by Gasteiger charge is 2.29. The van der Waals surface area contributed by atoms with E-state index in [-0.39, 0.29) is 16.1 Å². The Labute approximate surface area is 126 Å². The van der Waals surface area contributed by atoms with E-state index < -0.39 is 15.8 Å². The van der Waals surface area contributed by atoms with Crippen molar-refractivity contribution in [2.24, 2.45) is 5.92 Å². The van der Waals surface area contributed by atoms with Crippen LogP contribution in [0.15, 0.2) is 17.0 Å². The van der Waals surface area contributed by atoms with Gasteiger partial charge < -0.3 is 5.73 Å². The number of nitrogens with zero attached hydrogens (tertiary/aromatic N) is 1. The van der Waals surface area contributed by atoms with E-state index in [4.69, 9.17) is 5.73 Å². The molecule has 1 heterocycles. The maximum Gasteiger partial charge on any atom is 0.243 e. The number of anilines is 1. The van der Waals surface area contributed by atoms with Gasteiger partial charge in [-0.1, -0.05) is 19.8 Å². The molecule has 21 heavy (non-hydrogen) atoms. The Morgan fingerprint density at radius 1 is 1.33 bits per heavy atom. The van der Waals surface area contributed by atoms with Gasteiger partial charge in [-0.3, -0.25) is 0 Å². The van der Waals surface area contributed by atoms with E-state index >= 15 is 0 Å². The summed E-state index contributed by atoms with van der Waals surface area (Å²) in [6, 6.07) is 2.42. The van der Waals surface area contributed by atoms with Crippen molar-refractivity contribution >= 4 is 15.7 Å². The third-order valence-electron chi connectivity index (χ3n) is 4.27. The summed E-state index contributed by atoms with van der Waals surface area (Å²) in [5.41, 5.74) is 6.15. The molecule has 0 aliphatic carbocycles. The molecule has 0 spiro atoms. The number of halogens is 1. The van der Waals surface area contributed by atoms with Crippen LogP contribution in [0.1, 0.15) is 38.2 Å². The van der Waals surface area contributed by atoms with Crippen LogP contribution in [-0.4, -0.2) is 25.8 Å². The summed E-state index contributed by atoms with van der Waals surface area (Å²) in [6.45, 7) is 4.68. The summed E-state index contributed by atoms with van der Waals surface area (Å²) < 4.78 is 40.3. The highest BCUT2D eigenvalue weighted by molar-refractivity contribution is 7.89. The predicted octanol–water partition coefficient (Wildman–Crippen LogP) is 2.92. The molecule has 0 atom stereocenters. The fourth-order valence-corrected chi connectivity index (χ4v) is 4.34. The van der Waals surface area contributed by atoms with Gasteiger partial charge in [-0.25, -0.2) is 12.8 Å². The molecule has 4 nitrogen and oxygen atoms in total. The summed E-state index contributed by atoms with van der Waals surface area (Å²) in [6.07, 6.45) is 4.00. The van der Waals surface area contributed by atoms with Crippen molar-refractivity contribution in [3.05, 3.63) is 23.5 Å². The molecule has 1 fully saturated rings. The number of piperidine rings is 1. The third-order valence-corrected chi connectivity index (χ3v) is 6.14. The molecule has 2 rings (SSSR count). The van der Waals surface area contributed by atoms with Crippen molar-refractivity contribution in [1.29, 1.82) is 0 Å². The third kappa shape index (κ3) is 3.37. The lowest BCUT2D eigenvalue weighted by Crippen LogP contribution is -2.38. The Balaban J connectivity index is 2.20. The molecule has 0 saturated carbocycles. The van der Waals surface area contributed by atoms with E-state index in [0.717, 1.165) is 31.7 Å². The molecular weight excluding hydrogens is 291 g/mol. The smallest absolute Gasteiger partial charge is 0.243 e. The van der Waals surface area contributed by atoms with Gasteiger partial charge in [0.2, 0.25) is 10.0 Å². The van der Waals surface area contributed by atoms with Crippen molar-refractivity contribution in [2.75, 3.05) is 18.8 Å². The molecule has 0 radical (unpaired) electrons. The Kier molecular flexibility index (Phi) is 4.88. The fraction of sp³-hybridized carbons (Fsp3) is 0.600. The number of sulfonamides is 1. The molecule has 1 aromatic carbocycles. The minimum absolute atomic E-state index is 0.0444. The van der Waals surface area contributed by atoms with Crippen LogP contribution in [0.4, 0.5) is 10.1 Å². The van der Waals surface area contributed by atoms with Crippen molar-refractivity contribution in [3.8, 4) is 0 Å². The number of nitrogens with two attached hydrogens (primary N) is 1. The summed E-state index contributed by atoms with van der Waals surface area (Å²) in [5.74, 6) is 0.0238. The number of rotatable bonds is 4. The van der Waals surface area contributed by atoms with Gasteiger partial charge in [-0.15, -0.1) is 0 Å². The maximum absolute atomic E-state index is 13.7. The number of hydrogen-bond donors (Lipinski definition) is 1. The molecule has 0 aromatic heterocycles. The SMILES string of the molecule is CCCC1CCN(S(=O)(=O)c2cc(N)c(C)c(F)c2)CC1. The molecule has 2 N–H and O–H groups in total. The van der Waals surface area contributed by atoms with Crippen molar-refractivity contribution in [3.63, 3.8) is 0 Å². The highest BCUT2D eigenvalue weighted by atomic mass is 32.2. The van der Waals surface area contributed by atoms with Crippen LogP contribution in [0.25, 0.3) is 0 Å². The van der Waals surface area contributed by atoms with Crippen LogP contribution in [-0.2, 0) is 10.0 Å². The van der Waals surface area contributed by atoms with Crippen molar-refractivity contribution in [2.45, 2.75) is 44.4 Å². The minimum Gasteiger partial charge on any atom is -0.398 e. The van der Waals surface area contributed by atoms with Gasteiger partial charge in [0.05, 0.1) is 4.90 Å². The molecule has 6 heteroatoms. The monoisotopic (exact) mass is 314 g/mol. The second-order valence-corrected chi connectivity index (χ2v) is 7.69. The molecule has 1 aliphatic rings. The molecular formula is C15H23FN2O2S. The van der Waals surface area contributed by atoms with E-state index in [1.807, 2.05) is 0 Å². The molecule has 1 aromatic rings. The van der Waals surface area contributed by atoms with Crippen LogP contribution in [0.3, 0.4) is 0 Å². The van der Waals surface area contributed by atoms with Crippen LogP contribution >= 0.6 is 0 Å². The lowest BCUT2D eigenvalue weighted by atomic mass is 9.94. The summed E-state index contributed by atoms with van der Waals surface area (Å²) >= 11 is 0. The Morgan fingerprint density at radius 3 is 2.48 bits per heavy atom. The summed E-state index contributed by atoms with van der Waals surface area (Å²) in [7, 11) is -3.65. The van der Waals surface area contributed by atoms with Gasteiger partial charge in [-0.2, -0.15) is 4.31 Å². The molecule has 1 saturated heterocycles. The lowest BCUT2D eigenvalue weighted by Gasteiger charge is -2.31. The van der Waals surface area contributed by atoms with E-state index in [2.05, 4.69) is 6.92 Å². The van der Waals surface area contributed by atoms with Gasteiger partial charge in [0.1, 0.15) is 5.82 Å². The van der Waals surface area contributed by atoms with Gasteiger partial charge in [-0.05, 0) is 37.8 Å². The van der Waals surface area contributed by atoms with Crippen molar-refractivity contribution < 1.29 is 12.8 Å². The zero-order chi connectivity index (χ0) is 15.6. The Hall–Kier alpha value is -1.14. The molecule has 1 aliphatic heterocycles. The first-order valence-corrected chi connectivity index (χ1v) is 8.86. The first-order chi connectivity index (χ1) is 9.86. The Morgan fingerprint density at radius 2 is 1.95 bits per heavy atom. The summed E-state index contributed by atoms with van der Waals surface area (Å²) in [5, 5.41) is 0. The van der Waals surface area contributed by atoms with E-state index in [9.17, 15) is 12.8 Å². The number of hydrogen-bond acceptors (Lipinski definition) is 3. The summed E-state index contributed by atoms with van der Waals surface area (Å²) in [4.78, 5) is -0.0444. The predicted molar refractivity (Wildman–Crippen MR) is 81.9 cm³/mol. The van der Waals surface area contributed by atoms with E-state index in [1.165, 1.54) is 17.3 Å². The molecule has 0 bridgehead atoms. The normalized spacial score (nSPS) is 18.0. The molecule has 0 unspecified atom stereocenters. The van der Waals surface area contributed by atoms with Crippen LogP contribution in [0, 0.1) is 18.7 Å². The quantitative estimate of drug-likeness (QED) is 0.869. The van der Waals surface area contributed by atoms with Gasteiger partial charge in [0, 0.05) is 24.3 Å². The largest absolute Gasteiger partial charge is 0.398 e. The highest BCUT2D eigenvalue weighted by Crippen LogP contribution is 2.28. The standard InChI is InChI=1S/C15H23FN2O2S/c1-3-4-12-5-7-18(8-6-12)21(19,20)13-9-14(16)11(2)15(17)10-13/h9-10,12H,3-8,17H2,1-2H3. The fourth-order valence-electron chi connectivity index (χ4n) is 2.82. The Bertz CT molecular complexity index is 585. The van der Waals surface area contributed by atoms with Crippen molar-refractivity contribution in [1.82, 2.24) is 4.31 Å². The second kappa shape index (κ2) is 6.32. The lowest BCUT2D eigenvalue weighted by molar-refractivity contribution is 0.262. The minimum atomic E-state index is -3.65. The number of nitrogen functional groups attached to an aromatic ring is 1. The molecule has 118 valence electrons. The first kappa shape index (κ1) is 16.2. The maximum atomic E-state index is 13.7. The van der Waals surface area contributed by atoms with Crippen LogP contribution in [0.2, 0.25) is 0 Å². The van der Waals surface area contributed by atoms with Crippen LogP contribution in [0.5, 0.6) is 0 Å². The average molecular weight is 314 g/mol. The topological polar surface area (TPSA) is 63.4 Å². The zero-order valence-electron chi connectivity index (χ0n) is 12.6. The first-order valence-electron chi connectivity index (χ1n) is 7.42. The van der Waals surface area contributed by atoms with E-state index in [1.54, 1.807) is 0 Å². The van der Waals surface area contributed by atoms with E-state index in [0.29, 0.717) is 19.0 Å². The molecule has 0 amide bonds. The second-order valence-electron chi connectivity index (χ2n) is 5.76. The van der Waals surface area contributed by atoms with Gasteiger partial charge in [0.25, 0.3) is 0 Å².